The van der Waals surface area contributed by atoms with Gasteiger partial charge < -0.3 is 15.0 Å². The first-order chi connectivity index (χ1) is 8.27. The molecule has 4 nitrogen and oxygen atoms in total. The Labute approximate surface area is 102 Å². The molecule has 17 heavy (non-hydrogen) atoms. The molecule has 0 aliphatic heterocycles. The number of carbonyl (C=O) groups excluding carboxylic acids is 1. The summed E-state index contributed by atoms with van der Waals surface area (Å²) in [4.78, 5) is 14.8. The van der Waals surface area contributed by atoms with E-state index in [2.05, 4.69) is 16.4 Å². The normalized spacial score (nSPS) is 17.5. The van der Waals surface area contributed by atoms with Gasteiger partial charge in [-0.05, 0) is 31.4 Å². The van der Waals surface area contributed by atoms with E-state index in [1.807, 2.05) is 12.3 Å². The molecule has 2 rings (SSSR count). The lowest BCUT2D eigenvalue weighted by Gasteiger charge is -2.38. The summed E-state index contributed by atoms with van der Waals surface area (Å²) in [7, 11) is 1.47. The molecule has 0 bridgehead atoms. The number of rotatable bonds is 6. The molecular formula is C13H20N2O2. The molecule has 1 aliphatic carbocycles. The van der Waals surface area contributed by atoms with Gasteiger partial charge in [-0.3, -0.25) is 4.79 Å². The first kappa shape index (κ1) is 12.2. The quantitative estimate of drug-likeness (QED) is 0.581. The molecule has 2 N–H and O–H groups in total. The number of aromatic nitrogens is 1. The molecule has 1 saturated carbocycles. The van der Waals surface area contributed by atoms with Gasteiger partial charge in [-0.2, -0.15) is 0 Å². The van der Waals surface area contributed by atoms with Gasteiger partial charge in [-0.1, -0.05) is 6.42 Å². The van der Waals surface area contributed by atoms with Crippen molar-refractivity contribution >= 4 is 5.97 Å². The van der Waals surface area contributed by atoms with Gasteiger partial charge in [0.05, 0.1) is 12.5 Å². The fourth-order valence-corrected chi connectivity index (χ4v) is 2.35. The Bertz CT molecular complexity index is 356. The average molecular weight is 236 g/mol. The lowest BCUT2D eigenvalue weighted by atomic mass is 9.68. The van der Waals surface area contributed by atoms with Crippen LogP contribution in [0.4, 0.5) is 0 Å². The van der Waals surface area contributed by atoms with Gasteiger partial charge in [-0.25, -0.2) is 0 Å². The maximum absolute atomic E-state index is 11.7. The summed E-state index contributed by atoms with van der Waals surface area (Å²) in [6, 6.07) is 4.07. The van der Waals surface area contributed by atoms with Gasteiger partial charge in [0.25, 0.3) is 0 Å². The van der Waals surface area contributed by atoms with E-state index in [0.717, 1.165) is 38.8 Å². The zero-order valence-corrected chi connectivity index (χ0v) is 10.3. The zero-order chi connectivity index (χ0) is 12.1. The van der Waals surface area contributed by atoms with E-state index in [-0.39, 0.29) is 11.4 Å². The largest absolute Gasteiger partial charge is 0.469 e. The number of H-pyrrole nitrogens is 1. The Morgan fingerprint density at radius 1 is 1.59 bits per heavy atom. The maximum atomic E-state index is 11.7. The Morgan fingerprint density at radius 2 is 2.41 bits per heavy atom. The van der Waals surface area contributed by atoms with Crippen molar-refractivity contribution in [3.63, 3.8) is 0 Å². The molecule has 1 aliphatic rings. The summed E-state index contributed by atoms with van der Waals surface area (Å²) in [5.41, 5.74) is 0.975. The van der Waals surface area contributed by atoms with Crippen molar-refractivity contribution in [1.29, 1.82) is 0 Å². The highest BCUT2D eigenvalue weighted by molar-refractivity contribution is 5.78. The van der Waals surface area contributed by atoms with Crippen molar-refractivity contribution in [2.45, 2.75) is 25.7 Å². The minimum atomic E-state index is -0.246. The second-order valence-electron chi connectivity index (χ2n) is 4.75. The van der Waals surface area contributed by atoms with Crippen LogP contribution in [0.25, 0.3) is 0 Å². The molecule has 0 atom stereocenters. The van der Waals surface area contributed by atoms with Gasteiger partial charge in [0, 0.05) is 25.0 Å². The van der Waals surface area contributed by atoms with E-state index >= 15 is 0 Å². The molecule has 4 heteroatoms. The average Bonchev–Trinajstić information content (AvgIpc) is 2.79. The fraction of sp³-hybridized carbons (Fsp3) is 0.615. The summed E-state index contributed by atoms with van der Waals surface area (Å²) < 4.78 is 4.88. The number of hydrogen-bond donors (Lipinski definition) is 2. The molecule has 1 fully saturated rings. The van der Waals surface area contributed by atoms with E-state index in [4.69, 9.17) is 4.74 Å². The summed E-state index contributed by atoms with van der Waals surface area (Å²) in [6.07, 6.45) is 5.93. The number of nitrogens with one attached hydrogen (secondary N) is 2. The van der Waals surface area contributed by atoms with Crippen molar-refractivity contribution in [2.24, 2.45) is 5.41 Å². The SMILES string of the molecule is COC(=O)C1(CNCCc2ccc[nH]2)CCC1. The van der Waals surface area contributed by atoms with Crippen molar-refractivity contribution in [3.8, 4) is 0 Å². The fourth-order valence-electron chi connectivity index (χ4n) is 2.35. The van der Waals surface area contributed by atoms with Crippen LogP contribution in [0.15, 0.2) is 18.3 Å². The number of esters is 1. The minimum absolute atomic E-state index is 0.0591. The van der Waals surface area contributed by atoms with E-state index in [9.17, 15) is 4.79 Å². The Morgan fingerprint density at radius 3 is 2.94 bits per heavy atom. The Kier molecular flexibility index (Phi) is 3.84. The smallest absolute Gasteiger partial charge is 0.313 e. The third kappa shape index (κ3) is 2.69. The van der Waals surface area contributed by atoms with Gasteiger partial charge in [0.15, 0.2) is 0 Å². The molecule has 1 heterocycles. The molecule has 0 unspecified atom stereocenters. The third-order valence-corrected chi connectivity index (χ3v) is 3.63. The van der Waals surface area contributed by atoms with Crippen LogP contribution in [0.2, 0.25) is 0 Å². The number of hydrogen-bond acceptors (Lipinski definition) is 3. The lowest BCUT2D eigenvalue weighted by molar-refractivity contribution is -0.158. The van der Waals surface area contributed by atoms with Crippen LogP contribution >= 0.6 is 0 Å². The molecular weight excluding hydrogens is 216 g/mol. The van der Waals surface area contributed by atoms with E-state index in [0.29, 0.717) is 0 Å². The molecule has 94 valence electrons. The lowest BCUT2D eigenvalue weighted by Crippen LogP contribution is -2.47. The molecule has 0 spiro atoms. The standard InChI is InChI=1S/C13H20N2O2/c1-17-12(16)13(6-3-7-13)10-14-9-5-11-4-2-8-15-11/h2,4,8,14-15H,3,5-7,9-10H2,1H3. The monoisotopic (exact) mass is 236 g/mol. The second-order valence-corrected chi connectivity index (χ2v) is 4.75. The summed E-state index contributed by atoms with van der Waals surface area (Å²) >= 11 is 0. The number of carbonyl (C=O) groups is 1. The van der Waals surface area contributed by atoms with Crippen LogP contribution in [-0.4, -0.2) is 31.2 Å². The summed E-state index contributed by atoms with van der Waals surface area (Å²) in [5.74, 6) is -0.0591. The van der Waals surface area contributed by atoms with Gasteiger partial charge in [0.1, 0.15) is 0 Å². The summed E-state index contributed by atoms with van der Waals surface area (Å²) in [6.45, 7) is 1.62. The number of methoxy groups -OCH3 is 1. The van der Waals surface area contributed by atoms with Crippen LogP contribution in [0, 0.1) is 5.41 Å². The highest BCUT2D eigenvalue weighted by atomic mass is 16.5. The molecule has 0 radical (unpaired) electrons. The predicted molar refractivity (Wildman–Crippen MR) is 65.7 cm³/mol. The van der Waals surface area contributed by atoms with Crippen molar-refractivity contribution in [1.82, 2.24) is 10.3 Å². The number of ether oxygens (including phenoxy) is 1. The molecule has 1 aromatic heterocycles. The van der Waals surface area contributed by atoms with Gasteiger partial charge in [0.2, 0.25) is 0 Å². The van der Waals surface area contributed by atoms with Gasteiger partial charge >= 0.3 is 5.97 Å². The van der Waals surface area contributed by atoms with Crippen LogP contribution in [0.1, 0.15) is 25.0 Å². The third-order valence-electron chi connectivity index (χ3n) is 3.63. The first-order valence-corrected chi connectivity index (χ1v) is 6.18. The van der Waals surface area contributed by atoms with Crippen molar-refractivity contribution in [2.75, 3.05) is 20.2 Å². The molecule has 0 saturated heterocycles. The zero-order valence-electron chi connectivity index (χ0n) is 10.3. The van der Waals surface area contributed by atoms with Crippen LogP contribution in [0.3, 0.4) is 0 Å². The van der Waals surface area contributed by atoms with E-state index in [1.54, 1.807) is 0 Å². The van der Waals surface area contributed by atoms with E-state index < -0.39 is 0 Å². The van der Waals surface area contributed by atoms with Crippen molar-refractivity contribution in [3.05, 3.63) is 24.0 Å². The van der Waals surface area contributed by atoms with E-state index in [1.165, 1.54) is 12.8 Å². The predicted octanol–water partition coefficient (Wildman–Crippen LogP) is 1.49. The number of aromatic amines is 1. The van der Waals surface area contributed by atoms with Crippen LogP contribution < -0.4 is 5.32 Å². The topological polar surface area (TPSA) is 54.1 Å². The van der Waals surface area contributed by atoms with Crippen molar-refractivity contribution < 1.29 is 9.53 Å². The Balaban J connectivity index is 1.72. The molecule has 0 aromatic carbocycles. The second kappa shape index (κ2) is 5.36. The first-order valence-electron chi connectivity index (χ1n) is 6.18. The highest BCUT2D eigenvalue weighted by Gasteiger charge is 2.44. The van der Waals surface area contributed by atoms with Gasteiger partial charge in [-0.15, -0.1) is 0 Å². The Hall–Kier alpha value is -1.29. The van der Waals surface area contributed by atoms with Crippen LogP contribution in [-0.2, 0) is 16.0 Å². The van der Waals surface area contributed by atoms with Crippen LogP contribution in [0.5, 0.6) is 0 Å². The summed E-state index contributed by atoms with van der Waals surface area (Å²) in [5, 5.41) is 3.36. The molecule has 1 aromatic rings. The molecule has 0 amide bonds. The maximum Gasteiger partial charge on any atom is 0.313 e. The highest BCUT2D eigenvalue weighted by Crippen LogP contribution is 2.41. The minimum Gasteiger partial charge on any atom is -0.469 e.